The highest BCUT2D eigenvalue weighted by Crippen LogP contribution is 2.03. The van der Waals surface area contributed by atoms with Crippen molar-refractivity contribution < 1.29 is 9.30 Å². The molecular formula is C9H15N2OS+. The highest BCUT2D eigenvalue weighted by Gasteiger charge is 2.10. The molecule has 1 rings (SSSR count). The Bertz CT molecular complexity index is 371. The maximum atomic E-state index is 5.25. The second kappa shape index (κ2) is 3.98. The summed E-state index contributed by atoms with van der Waals surface area (Å²) in [4.78, 5) is 0. The Kier molecular flexibility index (Phi) is 3.17. The third-order valence-electron chi connectivity index (χ3n) is 2.15. The lowest BCUT2D eigenvalue weighted by molar-refractivity contribution is -0.683. The first-order valence-electron chi connectivity index (χ1n) is 4.13. The molecular weight excluding hydrogens is 184 g/mol. The Balaban J connectivity index is 3.37. The number of ether oxygens (including phenoxy) is 1. The van der Waals surface area contributed by atoms with Crippen molar-refractivity contribution in [2.24, 2.45) is 7.05 Å². The normalized spacial score (nSPS) is 10.5. The zero-order valence-electron chi connectivity index (χ0n) is 8.50. The minimum absolute atomic E-state index is 0.514. The van der Waals surface area contributed by atoms with Crippen LogP contribution in [0.15, 0.2) is 6.20 Å². The number of hydrogen-bond donors (Lipinski definition) is 0. The monoisotopic (exact) mass is 199 g/mol. The SMILES string of the molecule is COCn1c(C)c(C)c[n+](C)c1=S. The van der Waals surface area contributed by atoms with E-state index in [-0.39, 0.29) is 0 Å². The Hall–Kier alpha value is -0.740. The van der Waals surface area contributed by atoms with Gasteiger partial charge in [-0.05, 0) is 13.8 Å². The molecule has 0 aliphatic rings. The zero-order valence-corrected chi connectivity index (χ0v) is 9.31. The molecule has 13 heavy (non-hydrogen) atoms. The Morgan fingerprint density at radius 3 is 2.69 bits per heavy atom. The molecule has 0 radical (unpaired) electrons. The van der Waals surface area contributed by atoms with Gasteiger partial charge in [0.05, 0.1) is 13.2 Å². The molecule has 72 valence electrons. The summed E-state index contributed by atoms with van der Waals surface area (Å²) in [7, 11) is 3.62. The summed E-state index contributed by atoms with van der Waals surface area (Å²) >= 11 is 5.25. The van der Waals surface area contributed by atoms with Gasteiger partial charge >= 0.3 is 4.77 Å². The third-order valence-corrected chi connectivity index (χ3v) is 2.66. The van der Waals surface area contributed by atoms with Crippen LogP contribution in [0.25, 0.3) is 0 Å². The van der Waals surface area contributed by atoms with E-state index in [2.05, 4.69) is 6.92 Å². The number of methoxy groups -OCH3 is 1. The van der Waals surface area contributed by atoms with E-state index in [1.54, 1.807) is 7.11 Å². The minimum atomic E-state index is 0.514. The average molecular weight is 199 g/mol. The molecule has 4 heteroatoms. The van der Waals surface area contributed by atoms with Crippen LogP contribution < -0.4 is 4.57 Å². The fraction of sp³-hybridized carbons (Fsp3) is 0.556. The van der Waals surface area contributed by atoms with Gasteiger partial charge in [0.1, 0.15) is 5.69 Å². The molecule has 0 saturated heterocycles. The molecule has 0 N–H and O–H groups in total. The van der Waals surface area contributed by atoms with Gasteiger partial charge in [-0.3, -0.25) is 0 Å². The summed E-state index contributed by atoms with van der Waals surface area (Å²) in [6.07, 6.45) is 2.03. The lowest BCUT2D eigenvalue weighted by Gasteiger charge is -2.06. The molecule has 0 aliphatic carbocycles. The van der Waals surface area contributed by atoms with Crippen molar-refractivity contribution in [2.45, 2.75) is 20.6 Å². The molecule has 0 aliphatic heterocycles. The average Bonchev–Trinajstić information content (AvgIpc) is 2.09. The molecule has 3 nitrogen and oxygen atoms in total. The van der Waals surface area contributed by atoms with E-state index in [0.29, 0.717) is 6.73 Å². The number of aromatic nitrogens is 2. The van der Waals surface area contributed by atoms with Crippen LogP contribution in [0.4, 0.5) is 0 Å². The van der Waals surface area contributed by atoms with Crippen molar-refractivity contribution in [3.63, 3.8) is 0 Å². The summed E-state index contributed by atoms with van der Waals surface area (Å²) in [6.45, 7) is 4.63. The highest BCUT2D eigenvalue weighted by atomic mass is 32.1. The summed E-state index contributed by atoms with van der Waals surface area (Å²) in [5.41, 5.74) is 2.37. The van der Waals surface area contributed by atoms with E-state index in [0.717, 1.165) is 10.5 Å². The van der Waals surface area contributed by atoms with E-state index < -0.39 is 0 Å². The fourth-order valence-corrected chi connectivity index (χ4v) is 1.51. The Labute approximate surface area is 83.6 Å². The molecule has 0 aromatic carbocycles. The Morgan fingerprint density at radius 2 is 2.15 bits per heavy atom. The predicted octanol–water partition coefficient (Wildman–Crippen LogP) is 1.26. The second-order valence-electron chi connectivity index (χ2n) is 3.14. The van der Waals surface area contributed by atoms with Crippen molar-refractivity contribution in [1.29, 1.82) is 0 Å². The van der Waals surface area contributed by atoms with Gasteiger partial charge in [-0.15, -0.1) is 0 Å². The molecule has 0 atom stereocenters. The molecule has 0 bridgehead atoms. The van der Waals surface area contributed by atoms with Crippen molar-refractivity contribution >= 4 is 12.2 Å². The number of rotatable bonds is 2. The summed E-state index contributed by atoms with van der Waals surface area (Å²) in [6, 6.07) is 0. The molecule has 0 fully saturated rings. The van der Waals surface area contributed by atoms with Crippen LogP contribution >= 0.6 is 12.2 Å². The molecule has 1 heterocycles. The van der Waals surface area contributed by atoms with E-state index in [9.17, 15) is 0 Å². The quantitative estimate of drug-likeness (QED) is 0.527. The van der Waals surface area contributed by atoms with E-state index in [1.165, 1.54) is 5.56 Å². The van der Waals surface area contributed by atoms with Gasteiger partial charge in [-0.1, -0.05) is 0 Å². The molecule has 0 amide bonds. The van der Waals surface area contributed by atoms with E-state index in [4.69, 9.17) is 17.0 Å². The standard InChI is InChI=1S/C9H15N2OS/c1-7-5-10(3)9(13)11(6-12-4)8(7)2/h5H,6H2,1-4H3/q+1. The van der Waals surface area contributed by atoms with Crippen LogP contribution in [-0.4, -0.2) is 11.7 Å². The van der Waals surface area contributed by atoms with Gasteiger partial charge < -0.3 is 4.74 Å². The lowest BCUT2D eigenvalue weighted by atomic mass is 10.3. The summed E-state index contributed by atoms with van der Waals surface area (Å²) in [5, 5.41) is 0. The van der Waals surface area contributed by atoms with Crippen LogP contribution in [0, 0.1) is 18.6 Å². The largest absolute Gasteiger partial charge is 0.352 e. The summed E-state index contributed by atoms with van der Waals surface area (Å²) in [5.74, 6) is 0. The molecule has 0 unspecified atom stereocenters. The molecule has 0 saturated carbocycles. The van der Waals surface area contributed by atoms with Gasteiger partial charge in [0.25, 0.3) is 0 Å². The first kappa shape index (κ1) is 10.3. The van der Waals surface area contributed by atoms with E-state index in [1.807, 2.05) is 29.3 Å². The topological polar surface area (TPSA) is 18.0 Å². The minimum Gasteiger partial charge on any atom is -0.345 e. The highest BCUT2D eigenvalue weighted by molar-refractivity contribution is 7.71. The zero-order chi connectivity index (χ0) is 10.0. The van der Waals surface area contributed by atoms with Crippen LogP contribution in [0.5, 0.6) is 0 Å². The van der Waals surface area contributed by atoms with Crippen LogP contribution in [0.2, 0.25) is 0 Å². The summed E-state index contributed by atoms with van der Waals surface area (Å²) < 4.78 is 9.77. The van der Waals surface area contributed by atoms with Crippen molar-refractivity contribution in [1.82, 2.24) is 4.57 Å². The van der Waals surface area contributed by atoms with E-state index >= 15 is 0 Å². The van der Waals surface area contributed by atoms with Gasteiger partial charge in [-0.25, -0.2) is 4.57 Å². The van der Waals surface area contributed by atoms with Gasteiger partial charge in [0.15, 0.2) is 6.73 Å². The molecule has 1 aromatic rings. The van der Waals surface area contributed by atoms with Crippen LogP contribution in [-0.2, 0) is 18.5 Å². The van der Waals surface area contributed by atoms with Gasteiger partial charge in [-0.2, -0.15) is 4.57 Å². The van der Waals surface area contributed by atoms with Crippen molar-refractivity contribution in [3.8, 4) is 0 Å². The van der Waals surface area contributed by atoms with Crippen LogP contribution in [0.3, 0.4) is 0 Å². The number of aryl methyl sites for hydroxylation is 2. The molecule has 1 aromatic heterocycles. The number of hydrogen-bond acceptors (Lipinski definition) is 2. The first-order chi connectivity index (χ1) is 6.07. The lowest BCUT2D eigenvalue weighted by Crippen LogP contribution is -2.34. The Morgan fingerprint density at radius 1 is 1.54 bits per heavy atom. The first-order valence-corrected chi connectivity index (χ1v) is 4.54. The predicted molar refractivity (Wildman–Crippen MR) is 52.9 cm³/mol. The maximum absolute atomic E-state index is 5.25. The van der Waals surface area contributed by atoms with Crippen LogP contribution in [0.1, 0.15) is 11.3 Å². The second-order valence-corrected chi connectivity index (χ2v) is 3.50. The van der Waals surface area contributed by atoms with Crippen molar-refractivity contribution in [2.75, 3.05) is 7.11 Å². The maximum Gasteiger partial charge on any atom is 0.352 e. The van der Waals surface area contributed by atoms with Crippen molar-refractivity contribution in [3.05, 3.63) is 22.2 Å². The number of nitrogens with zero attached hydrogens (tertiary/aromatic N) is 2. The van der Waals surface area contributed by atoms with Gasteiger partial charge in [0.2, 0.25) is 0 Å². The smallest absolute Gasteiger partial charge is 0.345 e. The van der Waals surface area contributed by atoms with Gasteiger partial charge in [0, 0.05) is 24.9 Å². The molecule has 0 spiro atoms. The fourth-order valence-electron chi connectivity index (χ4n) is 1.27. The third kappa shape index (κ3) is 1.95.